The van der Waals surface area contributed by atoms with Gasteiger partial charge in [0.25, 0.3) is 0 Å². The lowest BCUT2D eigenvalue weighted by Gasteiger charge is -2.22. The Morgan fingerprint density at radius 2 is 1.95 bits per heavy atom. The summed E-state index contributed by atoms with van der Waals surface area (Å²) in [4.78, 5) is 0. The fraction of sp³-hybridized carbons (Fsp3) is 0.600. The molecule has 1 fully saturated rings. The lowest BCUT2D eigenvalue weighted by atomic mass is 10.2. The first-order valence-electron chi connectivity index (χ1n) is 7.22. The van der Waals surface area contributed by atoms with Crippen molar-refractivity contribution >= 4 is 10.0 Å². The number of nitrogens with one attached hydrogen (secondary N) is 1. The molecule has 1 aromatic rings. The predicted octanol–water partition coefficient (Wildman–Crippen LogP) is 1.63. The van der Waals surface area contributed by atoms with Gasteiger partial charge in [-0.15, -0.1) is 0 Å². The molecule has 0 spiro atoms. The van der Waals surface area contributed by atoms with Gasteiger partial charge in [0.1, 0.15) is 0 Å². The van der Waals surface area contributed by atoms with E-state index < -0.39 is 10.0 Å². The van der Waals surface area contributed by atoms with Crippen LogP contribution in [0.2, 0.25) is 0 Å². The van der Waals surface area contributed by atoms with E-state index in [2.05, 4.69) is 5.32 Å². The largest absolute Gasteiger partial charge is 0.313 e. The summed E-state index contributed by atoms with van der Waals surface area (Å²) in [5, 5.41) is 2.91. The van der Waals surface area contributed by atoms with Gasteiger partial charge in [-0.25, -0.2) is 12.7 Å². The third-order valence-corrected chi connectivity index (χ3v) is 6.01. The number of hydrogen-bond acceptors (Lipinski definition) is 3. The Labute approximate surface area is 122 Å². The van der Waals surface area contributed by atoms with E-state index in [9.17, 15) is 8.42 Å². The van der Waals surface area contributed by atoms with Gasteiger partial charge in [0.05, 0.1) is 5.25 Å². The topological polar surface area (TPSA) is 49.4 Å². The normalized spacial score (nSPS) is 17.4. The molecule has 20 heavy (non-hydrogen) atoms. The van der Waals surface area contributed by atoms with Crippen LogP contribution in [0.1, 0.15) is 25.3 Å². The van der Waals surface area contributed by atoms with Gasteiger partial charge in [0.15, 0.2) is 0 Å². The summed E-state index contributed by atoms with van der Waals surface area (Å²) >= 11 is 0. The molecule has 0 aliphatic heterocycles. The van der Waals surface area contributed by atoms with Crippen LogP contribution in [0.3, 0.4) is 0 Å². The molecular formula is C15H24N2O2S. The lowest BCUT2D eigenvalue weighted by molar-refractivity contribution is 0.459. The van der Waals surface area contributed by atoms with Crippen molar-refractivity contribution in [1.82, 2.24) is 9.62 Å². The molecule has 0 saturated heterocycles. The minimum Gasteiger partial charge on any atom is -0.313 e. The van der Waals surface area contributed by atoms with Crippen LogP contribution in [0.15, 0.2) is 30.3 Å². The highest BCUT2D eigenvalue weighted by atomic mass is 32.2. The van der Waals surface area contributed by atoms with E-state index >= 15 is 0 Å². The number of rotatable bonds is 8. The fourth-order valence-corrected chi connectivity index (χ4v) is 3.36. The zero-order valence-electron chi connectivity index (χ0n) is 12.2. The SMILES string of the molecule is CC(CNC1CC1)S(=O)(=O)N(C)CCc1ccccc1. The average molecular weight is 296 g/mol. The Morgan fingerprint density at radius 1 is 1.30 bits per heavy atom. The minimum absolute atomic E-state index is 0.371. The van der Waals surface area contributed by atoms with Crippen LogP contribution in [0.5, 0.6) is 0 Å². The van der Waals surface area contributed by atoms with Crippen LogP contribution in [-0.2, 0) is 16.4 Å². The quantitative estimate of drug-likeness (QED) is 0.793. The molecule has 0 amide bonds. The molecule has 0 aromatic heterocycles. The maximum Gasteiger partial charge on any atom is 0.217 e. The van der Waals surface area contributed by atoms with Gasteiger partial charge >= 0.3 is 0 Å². The molecule has 1 aliphatic carbocycles. The predicted molar refractivity (Wildman–Crippen MR) is 82.2 cm³/mol. The van der Waals surface area contributed by atoms with Gasteiger partial charge in [-0.2, -0.15) is 0 Å². The second-order valence-corrected chi connectivity index (χ2v) is 8.05. The van der Waals surface area contributed by atoms with Crippen LogP contribution >= 0.6 is 0 Å². The molecule has 1 N–H and O–H groups in total. The molecule has 1 unspecified atom stereocenters. The van der Waals surface area contributed by atoms with Gasteiger partial charge in [0.2, 0.25) is 10.0 Å². The molecule has 1 aromatic carbocycles. The highest BCUT2D eigenvalue weighted by Crippen LogP contribution is 2.19. The summed E-state index contributed by atoms with van der Waals surface area (Å²) in [6, 6.07) is 10.5. The number of nitrogens with zero attached hydrogens (tertiary/aromatic N) is 1. The zero-order chi connectivity index (χ0) is 14.6. The summed E-state index contributed by atoms with van der Waals surface area (Å²) < 4.78 is 26.2. The highest BCUT2D eigenvalue weighted by Gasteiger charge is 2.28. The van der Waals surface area contributed by atoms with Gasteiger partial charge in [-0.05, 0) is 31.7 Å². The smallest absolute Gasteiger partial charge is 0.217 e. The van der Waals surface area contributed by atoms with E-state index in [1.807, 2.05) is 30.3 Å². The Kier molecular flexibility index (Phi) is 5.18. The van der Waals surface area contributed by atoms with E-state index in [1.165, 1.54) is 22.7 Å². The number of sulfonamides is 1. The summed E-state index contributed by atoms with van der Waals surface area (Å²) in [6.07, 6.45) is 3.10. The maximum atomic E-state index is 12.4. The molecule has 4 nitrogen and oxygen atoms in total. The van der Waals surface area contributed by atoms with Crippen LogP contribution in [0.25, 0.3) is 0 Å². The zero-order valence-corrected chi connectivity index (χ0v) is 13.1. The highest BCUT2D eigenvalue weighted by molar-refractivity contribution is 7.89. The van der Waals surface area contributed by atoms with Gasteiger partial charge in [-0.1, -0.05) is 30.3 Å². The molecule has 2 rings (SSSR count). The molecule has 0 heterocycles. The van der Waals surface area contributed by atoms with E-state index in [1.54, 1.807) is 14.0 Å². The van der Waals surface area contributed by atoms with E-state index in [0.29, 0.717) is 19.1 Å². The summed E-state index contributed by atoms with van der Waals surface area (Å²) in [7, 11) is -1.53. The Balaban J connectivity index is 1.83. The van der Waals surface area contributed by atoms with E-state index in [0.717, 1.165) is 6.42 Å². The van der Waals surface area contributed by atoms with Crippen molar-refractivity contribution in [3.63, 3.8) is 0 Å². The first-order chi connectivity index (χ1) is 9.50. The molecule has 1 saturated carbocycles. The fourth-order valence-electron chi connectivity index (χ4n) is 2.09. The first kappa shape index (κ1) is 15.5. The monoisotopic (exact) mass is 296 g/mol. The van der Waals surface area contributed by atoms with Crippen LogP contribution in [-0.4, -0.2) is 44.2 Å². The average Bonchev–Trinajstić information content (AvgIpc) is 3.27. The van der Waals surface area contributed by atoms with Gasteiger partial charge in [-0.3, -0.25) is 0 Å². The van der Waals surface area contributed by atoms with Gasteiger partial charge in [0, 0.05) is 26.2 Å². The van der Waals surface area contributed by atoms with Crippen molar-refractivity contribution in [2.24, 2.45) is 0 Å². The number of likely N-dealkylation sites (N-methyl/N-ethyl adjacent to an activating group) is 1. The number of hydrogen-bond donors (Lipinski definition) is 1. The third kappa shape index (κ3) is 4.30. The van der Waals surface area contributed by atoms with Crippen LogP contribution in [0, 0.1) is 0 Å². The molecular weight excluding hydrogens is 272 g/mol. The third-order valence-electron chi connectivity index (χ3n) is 3.77. The van der Waals surface area contributed by atoms with Gasteiger partial charge < -0.3 is 5.32 Å². The first-order valence-corrected chi connectivity index (χ1v) is 8.73. The van der Waals surface area contributed by atoms with Crippen molar-refractivity contribution in [2.75, 3.05) is 20.1 Å². The molecule has 1 aliphatic rings. The second-order valence-electron chi connectivity index (χ2n) is 5.60. The lowest BCUT2D eigenvalue weighted by Crippen LogP contribution is -2.41. The summed E-state index contributed by atoms with van der Waals surface area (Å²) in [5.74, 6) is 0. The second kappa shape index (κ2) is 6.70. The van der Waals surface area contributed by atoms with Crippen molar-refractivity contribution < 1.29 is 8.42 Å². The van der Waals surface area contributed by atoms with Crippen molar-refractivity contribution in [3.8, 4) is 0 Å². The molecule has 0 bridgehead atoms. The minimum atomic E-state index is -3.21. The number of benzene rings is 1. The van der Waals surface area contributed by atoms with Crippen LogP contribution in [0.4, 0.5) is 0 Å². The molecule has 0 radical (unpaired) electrons. The Morgan fingerprint density at radius 3 is 2.55 bits per heavy atom. The van der Waals surface area contributed by atoms with E-state index in [4.69, 9.17) is 0 Å². The van der Waals surface area contributed by atoms with Crippen molar-refractivity contribution in [2.45, 2.75) is 37.5 Å². The Hall–Kier alpha value is -0.910. The Bertz CT molecular complexity index is 512. The maximum absolute atomic E-state index is 12.4. The van der Waals surface area contributed by atoms with E-state index in [-0.39, 0.29) is 5.25 Å². The summed E-state index contributed by atoms with van der Waals surface area (Å²) in [5.41, 5.74) is 1.17. The standard InChI is InChI=1S/C15H24N2O2S/c1-13(12-16-15-8-9-15)20(18,19)17(2)11-10-14-6-4-3-5-7-14/h3-7,13,15-16H,8-12H2,1-2H3. The van der Waals surface area contributed by atoms with Crippen LogP contribution < -0.4 is 5.32 Å². The van der Waals surface area contributed by atoms with Crippen molar-refractivity contribution in [3.05, 3.63) is 35.9 Å². The molecule has 5 heteroatoms. The molecule has 1 atom stereocenters. The van der Waals surface area contributed by atoms with Crippen molar-refractivity contribution in [1.29, 1.82) is 0 Å². The molecule has 112 valence electrons. The summed E-state index contributed by atoms with van der Waals surface area (Å²) in [6.45, 7) is 2.85.